The fraction of sp³-hybridized carbons (Fsp3) is 0.193. The molecule has 0 amide bonds. The highest BCUT2D eigenvalue weighted by molar-refractivity contribution is 7.43. The van der Waals surface area contributed by atoms with Crippen LogP contribution in [0.15, 0.2) is 121 Å². The molecular weight excluding hydrogens is 876 g/mol. The quantitative estimate of drug-likeness (QED) is 0.118. The van der Waals surface area contributed by atoms with E-state index < -0.39 is 27.0 Å². The Bertz CT molecular complexity index is 3070. The lowest BCUT2D eigenvalue weighted by Crippen LogP contribution is -2.35. The van der Waals surface area contributed by atoms with E-state index in [1.54, 1.807) is 26.4 Å². The van der Waals surface area contributed by atoms with Gasteiger partial charge in [-0.2, -0.15) is 0 Å². The molecule has 0 aromatic heterocycles. The number of cyclic esters (lactones) is 1. The summed E-state index contributed by atoms with van der Waals surface area (Å²) >= 11 is 0. The van der Waals surface area contributed by atoms with Crippen molar-refractivity contribution in [2.24, 2.45) is 0 Å². The van der Waals surface area contributed by atoms with Crippen molar-refractivity contribution in [1.29, 1.82) is 0 Å². The monoisotopic (exact) mass is 922 g/mol. The molecule has 1 aliphatic carbocycles. The SMILES string of the molecule is COc1c2cc(C)cc1Cc1cc(C)cc(c1OP1OC(=O)c3c(ccc4ccccc34)O1)Cc1cc(C)cc(c1OC)Cc1cc(C)cc(c1OC1OC(=O)c3c(ccc4ccccc34)O1)C2. The third-order valence-electron chi connectivity index (χ3n) is 12.8. The zero-order valence-electron chi connectivity index (χ0n) is 38.5. The first-order valence-electron chi connectivity index (χ1n) is 22.5. The van der Waals surface area contributed by atoms with E-state index in [0.29, 0.717) is 71.3 Å². The van der Waals surface area contributed by atoms with Crippen molar-refractivity contribution in [2.75, 3.05) is 14.2 Å². The third kappa shape index (κ3) is 7.88. The average molecular weight is 923 g/mol. The van der Waals surface area contributed by atoms with E-state index >= 15 is 0 Å². The van der Waals surface area contributed by atoms with Crippen LogP contribution in [0.4, 0.5) is 0 Å². The molecule has 10 nitrogen and oxygen atoms in total. The van der Waals surface area contributed by atoms with Crippen LogP contribution in [-0.2, 0) is 34.9 Å². The Labute approximate surface area is 395 Å². The molecule has 8 bridgehead atoms. The van der Waals surface area contributed by atoms with Gasteiger partial charge in [-0.25, -0.2) is 9.59 Å². The molecule has 3 aliphatic rings. The normalized spacial score (nSPS) is 16.1. The summed E-state index contributed by atoms with van der Waals surface area (Å²) in [6.07, 6.45) is 1.65. The minimum atomic E-state index is -2.20. The van der Waals surface area contributed by atoms with Crippen LogP contribution in [0.1, 0.15) is 87.5 Å². The minimum Gasteiger partial charge on any atom is -0.496 e. The maximum absolute atomic E-state index is 13.8. The fourth-order valence-electron chi connectivity index (χ4n) is 10.2. The molecule has 340 valence electrons. The lowest BCUT2D eigenvalue weighted by molar-refractivity contribution is -0.173. The molecule has 2 aliphatic heterocycles. The van der Waals surface area contributed by atoms with Crippen molar-refractivity contribution in [3.05, 3.63) is 199 Å². The molecule has 2 heterocycles. The van der Waals surface area contributed by atoms with Gasteiger partial charge in [-0.05, 0) is 106 Å². The number of methoxy groups -OCH3 is 2. The topological polar surface area (TPSA) is 108 Å². The summed E-state index contributed by atoms with van der Waals surface area (Å²) in [6, 6.07) is 39.7. The van der Waals surface area contributed by atoms with Crippen molar-refractivity contribution < 1.29 is 46.8 Å². The second-order valence-electron chi connectivity index (χ2n) is 17.8. The number of rotatable bonds is 6. The molecule has 0 saturated heterocycles. The summed E-state index contributed by atoms with van der Waals surface area (Å²) in [5.74, 6) is 2.30. The predicted octanol–water partition coefficient (Wildman–Crippen LogP) is 12.7. The lowest BCUT2D eigenvalue weighted by atomic mass is 9.89. The van der Waals surface area contributed by atoms with Crippen LogP contribution >= 0.6 is 8.60 Å². The highest BCUT2D eigenvalue weighted by Crippen LogP contribution is 2.51. The molecule has 2 unspecified atom stereocenters. The number of esters is 1. The van der Waals surface area contributed by atoms with Gasteiger partial charge in [0.1, 0.15) is 45.6 Å². The van der Waals surface area contributed by atoms with E-state index in [0.717, 1.165) is 88.3 Å². The number of carbonyl (C=O) groups excluding carboxylic acids is 2. The summed E-state index contributed by atoms with van der Waals surface area (Å²) in [5, 5.41) is 3.32. The van der Waals surface area contributed by atoms with Gasteiger partial charge in [0.15, 0.2) is 0 Å². The molecule has 8 aromatic rings. The van der Waals surface area contributed by atoms with Crippen LogP contribution in [0.5, 0.6) is 34.5 Å². The van der Waals surface area contributed by atoms with Gasteiger partial charge in [0, 0.05) is 25.7 Å². The minimum absolute atomic E-state index is 0.365. The maximum Gasteiger partial charge on any atom is 0.532 e. The fourth-order valence-corrected chi connectivity index (χ4v) is 11.3. The molecule has 0 spiro atoms. The standard InChI is InChI=1S/C57H47O10P/c1-31-19-37-27-41-23-33(3)24-42(53(41)63-57-62-47-17-15-35-11-7-9-13-45(35)49(47)55(58)64-57)28-38-20-32(2)22-40(52(38)61-6)30-44-26-34(4)25-43(29-39(21-31)51(37)60-5)54(44)66-68-65-48-18-16-36-12-8-10-14-46(36)50(48)56(59)67-68/h7-26,57H,27-30H2,1-6H3. The molecule has 0 N–H and O–H groups in total. The predicted molar refractivity (Wildman–Crippen MR) is 261 cm³/mol. The number of aryl methyl sites for hydroxylation is 4. The van der Waals surface area contributed by atoms with Crippen molar-refractivity contribution in [3.8, 4) is 34.5 Å². The maximum atomic E-state index is 13.8. The molecule has 11 rings (SSSR count). The van der Waals surface area contributed by atoms with E-state index in [1.165, 1.54) is 0 Å². The summed E-state index contributed by atoms with van der Waals surface area (Å²) in [5.41, 5.74) is 12.0. The van der Waals surface area contributed by atoms with Gasteiger partial charge >= 0.3 is 27.0 Å². The largest absolute Gasteiger partial charge is 0.532 e. The van der Waals surface area contributed by atoms with E-state index in [-0.39, 0.29) is 0 Å². The Kier molecular flexibility index (Phi) is 10.9. The molecule has 2 atom stereocenters. The second kappa shape index (κ2) is 17.3. The number of fused-ring (bicyclic) bond motifs is 14. The van der Waals surface area contributed by atoms with Gasteiger partial charge in [-0.15, -0.1) is 0 Å². The van der Waals surface area contributed by atoms with Gasteiger partial charge in [0.05, 0.1) is 14.2 Å². The van der Waals surface area contributed by atoms with Gasteiger partial charge in [0.2, 0.25) is 0 Å². The summed E-state index contributed by atoms with van der Waals surface area (Å²) in [6.45, 7) is 6.92. The number of benzene rings is 8. The van der Waals surface area contributed by atoms with E-state index in [9.17, 15) is 9.59 Å². The van der Waals surface area contributed by atoms with E-state index in [2.05, 4.69) is 76.2 Å². The number of hydrogen-bond acceptors (Lipinski definition) is 10. The van der Waals surface area contributed by atoms with Crippen LogP contribution in [0.25, 0.3) is 21.5 Å². The lowest BCUT2D eigenvalue weighted by Gasteiger charge is -2.28. The molecule has 0 saturated carbocycles. The molecule has 11 heteroatoms. The Morgan fingerprint density at radius 2 is 0.868 bits per heavy atom. The zero-order chi connectivity index (χ0) is 46.8. The molecule has 8 aromatic carbocycles. The first-order chi connectivity index (χ1) is 33.0. The van der Waals surface area contributed by atoms with Crippen molar-refractivity contribution in [3.63, 3.8) is 0 Å². The van der Waals surface area contributed by atoms with E-state index in [4.69, 9.17) is 37.3 Å². The summed E-state index contributed by atoms with van der Waals surface area (Å²) in [7, 11) is 1.17. The van der Waals surface area contributed by atoms with Gasteiger partial charge in [-0.1, -0.05) is 131 Å². The van der Waals surface area contributed by atoms with Crippen LogP contribution in [0, 0.1) is 27.7 Å². The molecule has 0 fully saturated rings. The summed E-state index contributed by atoms with van der Waals surface area (Å²) < 4.78 is 51.0. The number of ether oxygens (including phenoxy) is 5. The third-order valence-corrected chi connectivity index (χ3v) is 13.8. The molecular formula is C57H47O10P. The average Bonchev–Trinajstić information content (AvgIpc) is 3.30. The van der Waals surface area contributed by atoms with Crippen LogP contribution in [0.2, 0.25) is 0 Å². The first-order valence-corrected chi connectivity index (χ1v) is 23.6. The van der Waals surface area contributed by atoms with Crippen molar-refractivity contribution in [1.82, 2.24) is 0 Å². The van der Waals surface area contributed by atoms with Gasteiger partial charge in [-0.3, -0.25) is 0 Å². The number of carbonyl (C=O) groups is 2. The first kappa shape index (κ1) is 43.0. The Balaban J connectivity index is 1.04. The Hall–Kier alpha value is -7.55. The Morgan fingerprint density at radius 3 is 1.34 bits per heavy atom. The van der Waals surface area contributed by atoms with Crippen LogP contribution < -0.4 is 28.0 Å². The van der Waals surface area contributed by atoms with Crippen LogP contribution in [0.3, 0.4) is 0 Å². The second-order valence-corrected chi connectivity index (χ2v) is 18.8. The van der Waals surface area contributed by atoms with Gasteiger partial charge < -0.3 is 37.3 Å². The number of hydrogen-bond donors (Lipinski definition) is 0. The smallest absolute Gasteiger partial charge is 0.496 e. The highest BCUT2D eigenvalue weighted by Gasteiger charge is 2.36. The van der Waals surface area contributed by atoms with Crippen molar-refractivity contribution in [2.45, 2.75) is 59.9 Å². The van der Waals surface area contributed by atoms with Gasteiger partial charge in [0.25, 0.3) is 0 Å². The molecule has 0 radical (unpaired) electrons. The highest BCUT2D eigenvalue weighted by atomic mass is 31.2. The molecule has 68 heavy (non-hydrogen) atoms. The van der Waals surface area contributed by atoms with E-state index in [1.807, 2.05) is 60.7 Å². The Morgan fingerprint density at radius 1 is 0.456 bits per heavy atom. The summed E-state index contributed by atoms with van der Waals surface area (Å²) in [4.78, 5) is 27.6. The van der Waals surface area contributed by atoms with Crippen molar-refractivity contribution >= 4 is 42.1 Å². The van der Waals surface area contributed by atoms with Crippen LogP contribution in [-0.4, -0.2) is 32.6 Å². The zero-order valence-corrected chi connectivity index (χ0v) is 39.4.